The fraction of sp³-hybridized carbons (Fsp3) is 0.500. The minimum atomic E-state index is -4.69. The zero-order chi connectivity index (χ0) is 14.5. The Kier molecular flexibility index (Phi) is 3.07. The first-order chi connectivity index (χ1) is 9.31. The lowest BCUT2D eigenvalue weighted by molar-refractivity contribution is -0.139. The van der Waals surface area contributed by atoms with E-state index in [0.717, 1.165) is 12.1 Å². The smallest absolute Gasteiger partial charge is 0.316 e. The fourth-order valence-corrected chi connectivity index (χ4v) is 4.34. The van der Waals surface area contributed by atoms with Crippen molar-refractivity contribution in [1.82, 2.24) is 10.0 Å². The fourth-order valence-electron chi connectivity index (χ4n) is 2.77. The van der Waals surface area contributed by atoms with Crippen molar-refractivity contribution in [3.8, 4) is 0 Å². The third kappa shape index (κ3) is 2.32. The van der Waals surface area contributed by atoms with Crippen LogP contribution in [0.3, 0.4) is 0 Å². The van der Waals surface area contributed by atoms with Crippen LogP contribution >= 0.6 is 0 Å². The first-order valence-electron chi connectivity index (χ1n) is 6.20. The predicted octanol–water partition coefficient (Wildman–Crippen LogP) is 1.20. The molecule has 0 aromatic heterocycles. The second kappa shape index (κ2) is 4.44. The zero-order valence-electron chi connectivity index (χ0n) is 10.3. The van der Waals surface area contributed by atoms with E-state index in [-0.39, 0.29) is 17.9 Å². The third-order valence-corrected chi connectivity index (χ3v) is 5.38. The minimum Gasteiger partial charge on any atom is -0.316 e. The van der Waals surface area contributed by atoms with Gasteiger partial charge in [0.15, 0.2) is 0 Å². The van der Waals surface area contributed by atoms with E-state index in [0.29, 0.717) is 13.1 Å². The molecule has 1 aliphatic carbocycles. The maximum atomic E-state index is 12.9. The number of piperidine rings is 1. The summed E-state index contributed by atoms with van der Waals surface area (Å²) in [5, 5.41) is 3.10. The van der Waals surface area contributed by atoms with Crippen LogP contribution in [0.5, 0.6) is 0 Å². The second-order valence-corrected chi connectivity index (χ2v) is 6.81. The average Bonchev–Trinajstić information content (AvgIpc) is 2.82. The molecule has 0 amide bonds. The quantitative estimate of drug-likeness (QED) is 0.882. The molecular weight excluding hydrogens is 293 g/mol. The standard InChI is InChI=1S/C12H13F3N2O2S/c13-12(14,15)9-3-1-2-4-10(9)20(18,19)17-11-7-5-16-6-8(7)11/h1-4,7-8,11,16-17H,5-6H2. The van der Waals surface area contributed by atoms with E-state index >= 15 is 0 Å². The number of fused-ring (bicyclic) bond motifs is 1. The summed E-state index contributed by atoms with van der Waals surface area (Å²) >= 11 is 0. The van der Waals surface area contributed by atoms with Crippen molar-refractivity contribution in [2.24, 2.45) is 11.8 Å². The van der Waals surface area contributed by atoms with Gasteiger partial charge in [-0.3, -0.25) is 0 Å². The van der Waals surface area contributed by atoms with Crippen molar-refractivity contribution in [1.29, 1.82) is 0 Å². The van der Waals surface area contributed by atoms with E-state index in [4.69, 9.17) is 0 Å². The molecule has 0 spiro atoms. The number of alkyl halides is 3. The lowest BCUT2D eigenvalue weighted by Crippen LogP contribution is -2.33. The summed E-state index contributed by atoms with van der Waals surface area (Å²) < 4.78 is 65.3. The summed E-state index contributed by atoms with van der Waals surface area (Å²) in [7, 11) is -4.15. The van der Waals surface area contributed by atoms with Crippen LogP contribution in [0.4, 0.5) is 13.2 Å². The van der Waals surface area contributed by atoms with Crippen LogP contribution < -0.4 is 10.0 Å². The second-order valence-electron chi connectivity index (χ2n) is 5.13. The Balaban J connectivity index is 1.88. The molecular formula is C12H13F3N2O2S. The monoisotopic (exact) mass is 306 g/mol. The molecule has 0 bridgehead atoms. The van der Waals surface area contributed by atoms with Crippen LogP contribution in [0.25, 0.3) is 0 Å². The van der Waals surface area contributed by atoms with Crippen LogP contribution in [-0.2, 0) is 16.2 Å². The van der Waals surface area contributed by atoms with Crippen molar-refractivity contribution < 1.29 is 21.6 Å². The highest BCUT2D eigenvalue weighted by atomic mass is 32.2. The molecule has 0 radical (unpaired) electrons. The van der Waals surface area contributed by atoms with Gasteiger partial charge < -0.3 is 5.32 Å². The largest absolute Gasteiger partial charge is 0.417 e. The van der Waals surface area contributed by atoms with Crippen molar-refractivity contribution in [3.05, 3.63) is 29.8 Å². The van der Waals surface area contributed by atoms with Crippen molar-refractivity contribution in [3.63, 3.8) is 0 Å². The molecule has 1 saturated heterocycles. The first-order valence-corrected chi connectivity index (χ1v) is 7.68. The highest BCUT2D eigenvalue weighted by molar-refractivity contribution is 7.89. The number of hydrogen-bond acceptors (Lipinski definition) is 3. The first kappa shape index (κ1) is 13.8. The minimum absolute atomic E-state index is 0.197. The number of rotatable bonds is 3. The van der Waals surface area contributed by atoms with E-state index in [1.165, 1.54) is 12.1 Å². The van der Waals surface area contributed by atoms with E-state index in [1.54, 1.807) is 0 Å². The lowest BCUT2D eigenvalue weighted by atomic mass is 10.2. The number of sulfonamides is 1. The summed E-state index contributed by atoms with van der Waals surface area (Å²) in [5.41, 5.74) is -1.13. The molecule has 2 atom stereocenters. The van der Waals surface area contributed by atoms with Crippen LogP contribution in [0, 0.1) is 11.8 Å². The van der Waals surface area contributed by atoms with Gasteiger partial charge in [0, 0.05) is 6.04 Å². The Hall–Kier alpha value is -1.12. The Bertz CT molecular complexity index is 620. The lowest BCUT2D eigenvalue weighted by Gasteiger charge is -2.14. The summed E-state index contributed by atoms with van der Waals surface area (Å²) in [6, 6.07) is 3.99. The van der Waals surface area contributed by atoms with Gasteiger partial charge in [0.2, 0.25) is 10.0 Å². The van der Waals surface area contributed by atoms with Gasteiger partial charge in [-0.25, -0.2) is 13.1 Å². The molecule has 2 N–H and O–H groups in total. The van der Waals surface area contributed by atoms with Crippen LogP contribution in [0.2, 0.25) is 0 Å². The highest BCUT2D eigenvalue weighted by Crippen LogP contribution is 2.43. The molecule has 1 heterocycles. The molecule has 4 nitrogen and oxygen atoms in total. The molecule has 1 aromatic rings. The van der Waals surface area contributed by atoms with Gasteiger partial charge >= 0.3 is 6.18 Å². The average molecular weight is 306 g/mol. The molecule has 8 heteroatoms. The molecule has 20 heavy (non-hydrogen) atoms. The molecule has 2 unspecified atom stereocenters. The normalized spacial score (nSPS) is 29.2. The van der Waals surface area contributed by atoms with Gasteiger partial charge in [0.1, 0.15) is 0 Å². The maximum absolute atomic E-state index is 12.9. The third-order valence-electron chi connectivity index (χ3n) is 3.86. The van der Waals surface area contributed by atoms with E-state index in [9.17, 15) is 21.6 Å². The van der Waals surface area contributed by atoms with Crippen molar-refractivity contribution in [2.45, 2.75) is 17.1 Å². The van der Waals surface area contributed by atoms with E-state index in [1.807, 2.05) is 0 Å². The van der Waals surface area contributed by atoms with Crippen molar-refractivity contribution >= 4 is 10.0 Å². The maximum Gasteiger partial charge on any atom is 0.417 e. The predicted molar refractivity (Wildman–Crippen MR) is 65.4 cm³/mol. The SMILES string of the molecule is O=S(=O)(NC1C2CNCC21)c1ccccc1C(F)(F)F. The highest BCUT2D eigenvalue weighted by Gasteiger charge is 2.54. The Morgan fingerprint density at radius 1 is 1.15 bits per heavy atom. The van der Waals surface area contributed by atoms with E-state index in [2.05, 4.69) is 10.0 Å². The molecule has 1 saturated carbocycles. The molecule has 1 aromatic carbocycles. The van der Waals surface area contributed by atoms with Gasteiger partial charge in [0.05, 0.1) is 10.5 Å². The topological polar surface area (TPSA) is 58.2 Å². The number of halogens is 3. The summed E-state index contributed by atoms with van der Waals surface area (Å²) in [5.74, 6) is 0.394. The number of benzene rings is 1. The Labute approximate surface area is 114 Å². The zero-order valence-corrected chi connectivity index (χ0v) is 11.1. The van der Waals surface area contributed by atoms with Gasteiger partial charge in [-0.05, 0) is 37.1 Å². The van der Waals surface area contributed by atoms with Gasteiger partial charge in [-0.15, -0.1) is 0 Å². The Morgan fingerprint density at radius 3 is 2.35 bits per heavy atom. The molecule has 1 aliphatic heterocycles. The van der Waals surface area contributed by atoms with E-state index < -0.39 is 26.7 Å². The number of nitrogens with one attached hydrogen (secondary N) is 2. The summed E-state index contributed by atoms with van der Waals surface area (Å²) in [6.07, 6.45) is -4.69. The molecule has 2 aliphatic rings. The van der Waals surface area contributed by atoms with Gasteiger partial charge in [-0.2, -0.15) is 13.2 Å². The summed E-state index contributed by atoms with van der Waals surface area (Å²) in [6.45, 7) is 1.41. The van der Waals surface area contributed by atoms with Gasteiger partial charge in [0.25, 0.3) is 0 Å². The molecule has 110 valence electrons. The Morgan fingerprint density at radius 2 is 1.75 bits per heavy atom. The van der Waals surface area contributed by atoms with Crippen LogP contribution in [0.1, 0.15) is 5.56 Å². The number of hydrogen-bond donors (Lipinski definition) is 2. The summed E-state index contributed by atoms with van der Waals surface area (Å²) in [4.78, 5) is -0.703. The molecule has 3 rings (SSSR count). The van der Waals surface area contributed by atoms with Crippen LogP contribution in [0.15, 0.2) is 29.2 Å². The van der Waals surface area contributed by atoms with Crippen molar-refractivity contribution in [2.75, 3.05) is 13.1 Å². The molecule has 2 fully saturated rings. The van der Waals surface area contributed by atoms with Crippen LogP contribution in [-0.4, -0.2) is 27.5 Å². The van der Waals surface area contributed by atoms with Gasteiger partial charge in [-0.1, -0.05) is 12.1 Å².